The van der Waals surface area contributed by atoms with Crippen LogP contribution in [0.15, 0.2) is 27.4 Å². The van der Waals surface area contributed by atoms with Crippen LogP contribution < -0.4 is 11.4 Å². The van der Waals surface area contributed by atoms with Crippen LogP contribution >= 0.6 is 0 Å². The second-order valence-electron chi connectivity index (χ2n) is 3.34. The van der Waals surface area contributed by atoms with Crippen molar-refractivity contribution in [2.24, 2.45) is 5.73 Å². The van der Waals surface area contributed by atoms with E-state index < -0.39 is 5.63 Å². The minimum Gasteiger partial charge on any atom is -0.422 e. The summed E-state index contributed by atoms with van der Waals surface area (Å²) in [6, 6.07) is 4.04. The molecule has 0 saturated carbocycles. The third-order valence-corrected chi connectivity index (χ3v) is 2.45. The summed E-state index contributed by atoms with van der Waals surface area (Å²) in [5, 5.41) is 0.593. The third kappa shape index (κ3) is 1.53. The van der Waals surface area contributed by atoms with Gasteiger partial charge in [-0.15, -0.1) is 0 Å². The van der Waals surface area contributed by atoms with Crippen molar-refractivity contribution < 1.29 is 8.81 Å². The van der Waals surface area contributed by atoms with Crippen LogP contribution in [0.4, 0.5) is 4.39 Å². The number of benzene rings is 1. The van der Waals surface area contributed by atoms with Gasteiger partial charge in [0.1, 0.15) is 11.4 Å². The van der Waals surface area contributed by atoms with Crippen molar-refractivity contribution in [3.05, 3.63) is 45.6 Å². The molecule has 78 valence electrons. The van der Waals surface area contributed by atoms with Crippen LogP contribution in [-0.4, -0.2) is 0 Å². The predicted molar refractivity (Wildman–Crippen MR) is 55.1 cm³/mol. The Morgan fingerprint density at radius 3 is 2.87 bits per heavy atom. The Balaban J connectivity index is 2.92. The maximum atomic E-state index is 13.0. The summed E-state index contributed by atoms with van der Waals surface area (Å²) in [6.07, 6.45) is 0. The number of rotatable bonds is 1. The quantitative estimate of drug-likeness (QED) is 0.724. The molecule has 2 rings (SSSR count). The molecule has 15 heavy (non-hydrogen) atoms. The topological polar surface area (TPSA) is 56.2 Å². The Morgan fingerprint density at radius 1 is 1.47 bits per heavy atom. The zero-order valence-corrected chi connectivity index (χ0v) is 8.21. The van der Waals surface area contributed by atoms with Gasteiger partial charge in [-0.1, -0.05) is 0 Å². The second kappa shape index (κ2) is 3.47. The number of nitrogens with two attached hydrogens (primary N) is 1. The lowest BCUT2D eigenvalue weighted by molar-refractivity contribution is 0.547. The monoisotopic (exact) mass is 207 g/mol. The average molecular weight is 207 g/mol. The highest BCUT2D eigenvalue weighted by molar-refractivity contribution is 5.80. The van der Waals surface area contributed by atoms with Crippen molar-refractivity contribution in [2.75, 3.05) is 0 Å². The zero-order chi connectivity index (χ0) is 11.0. The fourth-order valence-corrected chi connectivity index (χ4v) is 1.60. The molecule has 0 radical (unpaired) electrons. The van der Waals surface area contributed by atoms with Crippen LogP contribution in [0.5, 0.6) is 0 Å². The Labute approximate surface area is 85.3 Å². The lowest BCUT2D eigenvalue weighted by atomic mass is 10.1. The highest BCUT2D eigenvalue weighted by atomic mass is 19.1. The molecule has 0 spiro atoms. The third-order valence-electron chi connectivity index (χ3n) is 2.45. The van der Waals surface area contributed by atoms with Crippen molar-refractivity contribution in [3.63, 3.8) is 0 Å². The van der Waals surface area contributed by atoms with Crippen LogP contribution in [0.1, 0.15) is 11.1 Å². The number of hydrogen-bond donors (Lipinski definition) is 1. The summed E-state index contributed by atoms with van der Waals surface area (Å²) in [4.78, 5) is 11.4. The summed E-state index contributed by atoms with van der Waals surface area (Å²) in [5.74, 6) is -0.359. The Kier molecular flexibility index (Phi) is 2.28. The van der Waals surface area contributed by atoms with Crippen LogP contribution in [0.2, 0.25) is 0 Å². The molecule has 4 heteroatoms. The van der Waals surface area contributed by atoms with Gasteiger partial charge in [-0.25, -0.2) is 9.18 Å². The molecule has 0 saturated heterocycles. The van der Waals surface area contributed by atoms with Gasteiger partial charge in [-0.05, 0) is 30.7 Å². The van der Waals surface area contributed by atoms with Crippen LogP contribution in [-0.2, 0) is 6.54 Å². The summed E-state index contributed by atoms with van der Waals surface area (Å²) in [7, 11) is 0. The van der Waals surface area contributed by atoms with E-state index in [-0.39, 0.29) is 12.4 Å². The molecule has 3 nitrogen and oxygen atoms in total. The van der Waals surface area contributed by atoms with Gasteiger partial charge in [0.2, 0.25) is 0 Å². The maximum absolute atomic E-state index is 13.0. The fraction of sp³-hybridized carbons (Fsp3) is 0.182. The minimum absolute atomic E-state index is 0.0978. The molecule has 1 heterocycles. The zero-order valence-electron chi connectivity index (χ0n) is 8.21. The standard InChI is InChI=1S/C11H10FNO2/c1-6-8-4-7(12)2-3-10(8)15-11(14)9(6)5-13/h2-4H,5,13H2,1H3. The largest absolute Gasteiger partial charge is 0.422 e. The fourth-order valence-electron chi connectivity index (χ4n) is 1.60. The van der Waals surface area contributed by atoms with Gasteiger partial charge in [-0.3, -0.25) is 0 Å². The van der Waals surface area contributed by atoms with Crippen molar-refractivity contribution in [1.82, 2.24) is 0 Å². The lowest BCUT2D eigenvalue weighted by Crippen LogP contribution is -2.14. The molecule has 0 fully saturated rings. The Morgan fingerprint density at radius 2 is 2.20 bits per heavy atom. The highest BCUT2D eigenvalue weighted by Gasteiger charge is 2.09. The van der Waals surface area contributed by atoms with Crippen LogP contribution in [0.25, 0.3) is 11.0 Å². The molecule has 0 unspecified atom stereocenters. The summed E-state index contributed by atoms with van der Waals surface area (Å²) >= 11 is 0. The van der Waals surface area contributed by atoms with E-state index in [0.717, 1.165) is 0 Å². The van der Waals surface area contributed by atoms with Crippen molar-refractivity contribution in [1.29, 1.82) is 0 Å². The first-order valence-electron chi connectivity index (χ1n) is 4.55. The van der Waals surface area contributed by atoms with E-state index in [2.05, 4.69) is 0 Å². The average Bonchev–Trinajstić information content (AvgIpc) is 2.20. The normalized spacial score (nSPS) is 10.9. The molecule has 0 amide bonds. The van der Waals surface area contributed by atoms with E-state index in [0.29, 0.717) is 22.1 Å². The minimum atomic E-state index is -0.450. The number of hydrogen-bond acceptors (Lipinski definition) is 3. The molecule has 0 aliphatic heterocycles. The number of fused-ring (bicyclic) bond motifs is 1. The number of aryl methyl sites for hydroxylation is 1. The predicted octanol–water partition coefficient (Wildman–Crippen LogP) is 1.70. The molecule has 0 aliphatic rings. The smallest absolute Gasteiger partial charge is 0.341 e. The van der Waals surface area contributed by atoms with E-state index >= 15 is 0 Å². The molecule has 0 aliphatic carbocycles. The van der Waals surface area contributed by atoms with Gasteiger partial charge in [-0.2, -0.15) is 0 Å². The van der Waals surface area contributed by atoms with Gasteiger partial charge in [0, 0.05) is 11.9 Å². The lowest BCUT2D eigenvalue weighted by Gasteiger charge is -2.05. The molecular formula is C11H10FNO2. The van der Waals surface area contributed by atoms with E-state index in [1.165, 1.54) is 18.2 Å². The van der Waals surface area contributed by atoms with Crippen LogP contribution in [0.3, 0.4) is 0 Å². The van der Waals surface area contributed by atoms with E-state index in [1.807, 2.05) is 0 Å². The van der Waals surface area contributed by atoms with Gasteiger partial charge in [0.25, 0.3) is 0 Å². The van der Waals surface area contributed by atoms with Crippen molar-refractivity contribution >= 4 is 11.0 Å². The van der Waals surface area contributed by atoms with Crippen LogP contribution in [0, 0.1) is 12.7 Å². The molecular weight excluding hydrogens is 197 g/mol. The molecule has 2 N–H and O–H groups in total. The van der Waals surface area contributed by atoms with Gasteiger partial charge >= 0.3 is 5.63 Å². The Hall–Kier alpha value is -1.68. The Bertz CT molecular complexity index is 575. The summed E-state index contributed by atoms with van der Waals surface area (Å²) in [5.41, 5.74) is 6.44. The second-order valence-corrected chi connectivity index (χ2v) is 3.34. The maximum Gasteiger partial charge on any atom is 0.341 e. The molecule has 2 aromatic rings. The first-order valence-corrected chi connectivity index (χ1v) is 4.55. The summed E-state index contributed by atoms with van der Waals surface area (Å²) in [6.45, 7) is 1.83. The van der Waals surface area contributed by atoms with E-state index in [4.69, 9.17) is 10.2 Å². The first kappa shape index (κ1) is 9.86. The van der Waals surface area contributed by atoms with Crippen molar-refractivity contribution in [2.45, 2.75) is 13.5 Å². The number of halogens is 1. The van der Waals surface area contributed by atoms with Gasteiger partial charge < -0.3 is 10.2 Å². The summed E-state index contributed by atoms with van der Waals surface area (Å²) < 4.78 is 18.0. The molecule has 1 aromatic carbocycles. The van der Waals surface area contributed by atoms with Gasteiger partial charge in [0.05, 0.1) is 5.56 Å². The van der Waals surface area contributed by atoms with E-state index in [9.17, 15) is 9.18 Å². The molecule has 0 atom stereocenters. The SMILES string of the molecule is Cc1c(CN)c(=O)oc2ccc(F)cc12. The van der Waals surface area contributed by atoms with E-state index in [1.54, 1.807) is 6.92 Å². The van der Waals surface area contributed by atoms with Crippen molar-refractivity contribution in [3.8, 4) is 0 Å². The van der Waals surface area contributed by atoms with Gasteiger partial charge in [0.15, 0.2) is 0 Å². The highest BCUT2D eigenvalue weighted by Crippen LogP contribution is 2.19. The first-order chi connectivity index (χ1) is 7.13. The molecule has 1 aromatic heterocycles. The molecule has 0 bridgehead atoms.